The van der Waals surface area contributed by atoms with Crippen LogP contribution in [0.15, 0.2) is 30.6 Å². The number of ether oxygens (including phenoxy) is 1. The van der Waals surface area contributed by atoms with Crippen molar-refractivity contribution >= 4 is 0 Å². The van der Waals surface area contributed by atoms with E-state index in [2.05, 4.69) is 25.0 Å². The van der Waals surface area contributed by atoms with Gasteiger partial charge in [-0.25, -0.2) is 0 Å². The second-order valence-corrected chi connectivity index (χ2v) is 5.72. The second kappa shape index (κ2) is 4.10. The number of rotatable bonds is 2. The van der Waals surface area contributed by atoms with E-state index in [0.29, 0.717) is 0 Å². The summed E-state index contributed by atoms with van der Waals surface area (Å²) in [4.78, 5) is 0. The molecule has 0 fully saturated rings. The van der Waals surface area contributed by atoms with Crippen LogP contribution in [0.5, 0.6) is 5.75 Å². The number of aliphatic hydroxyl groups excluding tert-OH is 1. The van der Waals surface area contributed by atoms with Gasteiger partial charge in [0.2, 0.25) is 0 Å². The van der Waals surface area contributed by atoms with Gasteiger partial charge in [0, 0.05) is 30.8 Å². The van der Waals surface area contributed by atoms with Crippen LogP contribution in [-0.4, -0.2) is 20.5 Å². The number of aromatic nitrogens is 2. The summed E-state index contributed by atoms with van der Waals surface area (Å²) in [6, 6.07) is 5.94. The molecule has 1 N–H and O–H groups in total. The average Bonchev–Trinajstić information content (AvgIpc) is 2.89. The lowest BCUT2D eigenvalue weighted by atomic mass is 9.97. The Balaban J connectivity index is 2.01. The Kier molecular flexibility index (Phi) is 2.64. The van der Waals surface area contributed by atoms with E-state index in [1.165, 1.54) is 0 Å². The van der Waals surface area contributed by atoms with Crippen LogP contribution < -0.4 is 4.74 Å². The third-order valence-corrected chi connectivity index (χ3v) is 3.46. The smallest absolute Gasteiger partial charge is 0.129 e. The molecule has 4 nitrogen and oxygen atoms in total. The average molecular weight is 258 g/mol. The lowest BCUT2D eigenvalue weighted by Crippen LogP contribution is -2.25. The molecule has 0 amide bonds. The number of hydrogen-bond acceptors (Lipinski definition) is 3. The monoisotopic (exact) mass is 258 g/mol. The van der Waals surface area contributed by atoms with Gasteiger partial charge in [0.05, 0.1) is 6.20 Å². The van der Waals surface area contributed by atoms with Gasteiger partial charge in [0.1, 0.15) is 17.5 Å². The first-order valence-corrected chi connectivity index (χ1v) is 6.44. The molecule has 2 aromatic rings. The highest BCUT2D eigenvalue weighted by Crippen LogP contribution is 2.41. The van der Waals surface area contributed by atoms with Gasteiger partial charge in [-0.15, -0.1) is 0 Å². The molecule has 0 spiro atoms. The highest BCUT2D eigenvalue weighted by molar-refractivity contribution is 5.48. The number of nitrogens with zero attached hydrogens (tertiary/aromatic N) is 2. The molecule has 1 unspecified atom stereocenters. The Morgan fingerprint density at radius 1 is 1.42 bits per heavy atom. The zero-order valence-corrected chi connectivity index (χ0v) is 11.4. The maximum atomic E-state index is 10.5. The third kappa shape index (κ3) is 2.12. The molecule has 2 heterocycles. The number of aliphatic hydroxyl groups is 1. The zero-order valence-electron chi connectivity index (χ0n) is 11.4. The van der Waals surface area contributed by atoms with Crippen molar-refractivity contribution in [2.75, 3.05) is 0 Å². The largest absolute Gasteiger partial charge is 0.487 e. The Hall–Kier alpha value is -1.81. The van der Waals surface area contributed by atoms with E-state index in [0.717, 1.165) is 28.9 Å². The summed E-state index contributed by atoms with van der Waals surface area (Å²) in [6.07, 6.45) is 3.68. The summed E-state index contributed by atoms with van der Waals surface area (Å²) in [5.74, 6) is 0.823. The van der Waals surface area contributed by atoms with Gasteiger partial charge in [0.25, 0.3) is 0 Å². The maximum absolute atomic E-state index is 10.5. The first-order valence-electron chi connectivity index (χ1n) is 6.44. The van der Waals surface area contributed by atoms with Crippen LogP contribution in [0.4, 0.5) is 0 Å². The Bertz CT molecular complexity index is 616. The molecule has 1 aromatic heterocycles. The second-order valence-electron chi connectivity index (χ2n) is 5.72. The molecular weight excluding hydrogens is 240 g/mol. The van der Waals surface area contributed by atoms with Crippen LogP contribution in [-0.2, 0) is 13.5 Å². The Labute approximate surface area is 112 Å². The van der Waals surface area contributed by atoms with Crippen LogP contribution in [0.2, 0.25) is 0 Å². The third-order valence-electron chi connectivity index (χ3n) is 3.46. The van der Waals surface area contributed by atoms with Crippen LogP contribution in [0.3, 0.4) is 0 Å². The SMILES string of the molecule is Cn1cc(C(O)c2cccc3c2OC(C)(C)C3)cn1. The molecule has 0 saturated carbocycles. The van der Waals surface area contributed by atoms with E-state index < -0.39 is 6.10 Å². The van der Waals surface area contributed by atoms with Gasteiger partial charge in [-0.05, 0) is 19.4 Å². The van der Waals surface area contributed by atoms with Crippen molar-refractivity contribution in [2.24, 2.45) is 7.05 Å². The van der Waals surface area contributed by atoms with Gasteiger partial charge >= 0.3 is 0 Å². The summed E-state index contributed by atoms with van der Waals surface area (Å²) in [7, 11) is 1.84. The minimum absolute atomic E-state index is 0.201. The topological polar surface area (TPSA) is 47.3 Å². The van der Waals surface area contributed by atoms with Gasteiger partial charge in [-0.1, -0.05) is 18.2 Å². The van der Waals surface area contributed by atoms with Gasteiger partial charge in [0.15, 0.2) is 0 Å². The highest BCUT2D eigenvalue weighted by Gasteiger charge is 2.33. The van der Waals surface area contributed by atoms with Crippen molar-refractivity contribution in [1.29, 1.82) is 0 Å². The van der Waals surface area contributed by atoms with Gasteiger partial charge in [-0.2, -0.15) is 5.10 Å². The number of hydrogen-bond donors (Lipinski definition) is 1. The van der Waals surface area contributed by atoms with Crippen molar-refractivity contribution in [3.63, 3.8) is 0 Å². The fourth-order valence-corrected chi connectivity index (χ4v) is 2.62. The van der Waals surface area contributed by atoms with Gasteiger partial charge < -0.3 is 9.84 Å². The van der Waals surface area contributed by atoms with Crippen molar-refractivity contribution in [1.82, 2.24) is 9.78 Å². The maximum Gasteiger partial charge on any atom is 0.129 e. The zero-order chi connectivity index (χ0) is 13.6. The van der Waals surface area contributed by atoms with E-state index in [-0.39, 0.29) is 5.60 Å². The lowest BCUT2D eigenvalue weighted by molar-refractivity contribution is 0.131. The van der Waals surface area contributed by atoms with E-state index >= 15 is 0 Å². The molecule has 100 valence electrons. The molecule has 1 aliphatic heterocycles. The summed E-state index contributed by atoms with van der Waals surface area (Å²) in [5, 5.41) is 14.6. The molecule has 0 bridgehead atoms. The standard InChI is InChI=1S/C15H18N2O2/c1-15(2)7-10-5-4-6-12(14(10)19-15)13(18)11-8-16-17(3)9-11/h4-6,8-9,13,18H,7H2,1-3H3. The Morgan fingerprint density at radius 2 is 2.21 bits per heavy atom. The van der Waals surface area contributed by atoms with Crippen molar-refractivity contribution in [3.8, 4) is 5.75 Å². The summed E-state index contributed by atoms with van der Waals surface area (Å²) < 4.78 is 7.67. The van der Waals surface area contributed by atoms with E-state index in [1.807, 2.05) is 25.4 Å². The normalized spacial score (nSPS) is 17.9. The van der Waals surface area contributed by atoms with Crippen LogP contribution >= 0.6 is 0 Å². The molecule has 3 rings (SSSR count). The predicted octanol–water partition coefficient (Wildman–Crippen LogP) is 2.22. The molecule has 0 radical (unpaired) electrons. The van der Waals surface area contributed by atoms with Crippen molar-refractivity contribution < 1.29 is 9.84 Å². The quantitative estimate of drug-likeness (QED) is 0.898. The number of benzene rings is 1. The highest BCUT2D eigenvalue weighted by atomic mass is 16.5. The number of aryl methyl sites for hydroxylation is 1. The fourth-order valence-electron chi connectivity index (χ4n) is 2.62. The minimum atomic E-state index is -0.697. The molecule has 1 atom stereocenters. The van der Waals surface area contributed by atoms with E-state index in [4.69, 9.17) is 4.74 Å². The summed E-state index contributed by atoms with van der Waals surface area (Å²) in [5.41, 5.74) is 2.55. The predicted molar refractivity (Wildman–Crippen MR) is 72.1 cm³/mol. The van der Waals surface area contributed by atoms with Crippen LogP contribution in [0, 0.1) is 0 Å². The van der Waals surface area contributed by atoms with Gasteiger partial charge in [-0.3, -0.25) is 4.68 Å². The lowest BCUT2D eigenvalue weighted by Gasteiger charge is -2.19. The number of fused-ring (bicyclic) bond motifs is 1. The van der Waals surface area contributed by atoms with E-state index in [9.17, 15) is 5.11 Å². The molecule has 1 aromatic carbocycles. The van der Waals surface area contributed by atoms with Crippen molar-refractivity contribution in [3.05, 3.63) is 47.3 Å². The summed E-state index contributed by atoms with van der Waals surface area (Å²) in [6.45, 7) is 4.13. The van der Waals surface area contributed by atoms with Crippen LogP contribution in [0.25, 0.3) is 0 Å². The summed E-state index contributed by atoms with van der Waals surface area (Å²) >= 11 is 0. The molecule has 0 aliphatic carbocycles. The molecule has 4 heteroatoms. The minimum Gasteiger partial charge on any atom is -0.487 e. The fraction of sp³-hybridized carbons (Fsp3) is 0.400. The first-order chi connectivity index (χ1) is 8.96. The molecular formula is C15H18N2O2. The van der Waals surface area contributed by atoms with E-state index in [1.54, 1.807) is 10.9 Å². The first kappa shape index (κ1) is 12.2. The van der Waals surface area contributed by atoms with Crippen molar-refractivity contribution in [2.45, 2.75) is 32.0 Å². The molecule has 19 heavy (non-hydrogen) atoms. The van der Waals surface area contributed by atoms with Crippen LogP contribution in [0.1, 0.15) is 36.6 Å². The molecule has 1 aliphatic rings. The Morgan fingerprint density at radius 3 is 2.89 bits per heavy atom. The number of para-hydroxylation sites is 1. The molecule has 0 saturated heterocycles.